The minimum absolute atomic E-state index is 0.493. The molecular weight excluding hydrogens is 214 g/mol. The topological polar surface area (TPSA) is 49.1 Å². The Kier molecular flexibility index (Phi) is 3.94. The van der Waals surface area contributed by atoms with Crippen LogP contribution in [0.4, 0.5) is 5.69 Å². The lowest BCUT2D eigenvalue weighted by Gasteiger charge is -2.29. The van der Waals surface area contributed by atoms with Crippen LogP contribution < -0.4 is 4.90 Å². The van der Waals surface area contributed by atoms with Crippen LogP contribution in [-0.2, 0) is 11.3 Å². The Balaban J connectivity index is 2.28. The predicted octanol–water partition coefficient (Wildman–Crippen LogP) is 2.09. The van der Waals surface area contributed by atoms with Crippen molar-refractivity contribution in [2.45, 2.75) is 25.9 Å². The summed E-state index contributed by atoms with van der Waals surface area (Å²) in [5.74, 6) is 0. The maximum Gasteiger partial charge on any atom is 0.103 e. The van der Waals surface area contributed by atoms with E-state index in [1.807, 2.05) is 6.07 Å². The van der Waals surface area contributed by atoms with Gasteiger partial charge in [-0.3, -0.25) is 4.98 Å². The SMILES string of the molecule is COCc1cc(N2CCCCC2)c(C#N)cn1. The van der Waals surface area contributed by atoms with E-state index < -0.39 is 0 Å². The van der Waals surface area contributed by atoms with E-state index in [1.54, 1.807) is 13.3 Å². The van der Waals surface area contributed by atoms with Crippen LogP contribution in [0.5, 0.6) is 0 Å². The van der Waals surface area contributed by atoms with Crippen LogP contribution in [0.2, 0.25) is 0 Å². The number of ether oxygens (including phenoxy) is 1. The standard InChI is InChI=1S/C13H17N3O/c1-17-10-12-7-13(11(8-14)9-15-12)16-5-3-2-4-6-16/h7,9H,2-6,10H2,1H3. The lowest BCUT2D eigenvalue weighted by Crippen LogP contribution is -2.30. The second kappa shape index (κ2) is 5.65. The molecule has 17 heavy (non-hydrogen) atoms. The molecule has 0 N–H and O–H groups in total. The van der Waals surface area contributed by atoms with E-state index in [4.69, 9.17) is 10.00 Å². The van der Waals surface area contributed by atoms with Crippen LogP contribution in [0.3, 0.4) is 0 Å². The molecule has 1 aliphatic rings. The zero-order valence-corrected chi connectivity index (χ0v) is 10.1. The molecule has 4 nitrogen and oxygen atoms in total. The molecule has 1 aromatic rings. The Hall–Kier alpha value is -1.60. The first-order chi connectivity index (χ1) is 8.35. The number of rotatable bonds is 3. The van der Waals surface area contributed by atoms with Gasteiger partial charge in [-0.25, -0.2) is 0 Å². The van der Waals surface area contributed by atoms with Crippen LogP contribution in [0.15, 0.2) is 12.3 Å². The van der Waals surface area contributed by atoms with Gasteiger partial charge >= 0.3 is 0 Å². The zero-order valence-electron chi connectivity index (χ0n) is 10.1. The molecule has 0 saturated carbocycles. The molecule has 1 aromatic heterocycles. The highest BCUT2D eigenvalue weighted by molar-refractivity contribution is 5.59. The van der Waals surface area contributed by atoms with Crippen LogP contribution in [0.25, 0.3) is 0 Å². The van der Waals surface area contributed by atoms with Gasteiger partial charge in [0, 0.05) is 26.4 Å². The van der Waals surface area contributed by atoms with Crippen molar-refractivity contribution in [3.8, 4) is 6.07 Å². The summed E-state index contributed by atoms with van der Waals surface area (Å²) in [5, 5.41) is 9.12. The first kappa shape index (κ1) is 11.9. The zero-order chi connectivity index (χ0) is 12.1. The van der Waals surface area contributed by atoms with Crippen molar-refractivity contribution in [2.75, 3.05) is 25.1 Å². The molecule has 0 bridgehead atoms. The van der Waals surface area contributed by atoms with Gasteiger partial charge in [-0.1, -0.05) is 0 Å². The van der Waals surface area contributed by atoms with E-state index >= 15 is 0 Å². The molecule has 0 radical (unpaired) electrons. The fourth-order valence-electron chi connectivity index (χ4n) is 2.20. The summed E-state index contributed by atoms with van der Waals surface area (Å²) < 4.78 is 5.08. The number of nitrogens with zero attached hydrogens (tertiary/aromatic N) is 3. The number of hydrogen-bond donors (Lipinski definition) is 0. The number of pyridine rings is 1. The first-order valence-corrected chi connectivity index (χ1v) is 5.98. The third-order valence-electron chi connectivity index (χ3n) is 3.05. The van der Waals surface area contributed by atoms with Gasteiger partial charge in [0.1, 0.15) is 6.07 Å². The average Bonchev–Trinajstić information content (AvgIpc) is 2.40. The van der Waals surface area contributed by atoms with Gasteiger partial charge in [-0.05, 0) is 25.3 Å². The molecule has 1 fully saturated rings. The molecule has 0 aromatic carbocycles. The van der Waals surface area contributed by atoms with E-state index in [-0.39, 0.29) is 0 Å². The first-order valence-electron chi connectivity index (χ1n) is 5.98. The maximum atomic E-state index is 9.12. The molecular formula is C13H17N3O. The van der Waals surface area contributed by atoms with Gasteiger partial charge in [-0.2, -0.15) is 5.26 Å². The highest BCUT2D eigenvalue weighted by Gasteiger charge is 2.15. The van der Waals surface area contributed by atoms with Gasteiger partial charge in [0.2, 0.25) is 0 Å². The van der Waals surface area contributed by atoms with Crippen LogP contribution in [-0.4, -0.2) is 25.2 Å². The summed E-state index contributed by atoms with van der Waals surface area (Å²) in [4.78, 5) is 6.50. The van der Waals surface area contributed by atoms with Crippen molar-refractivity contribution in [1.82, 2.24) is 4.98 Å². The lowest BCUT2D eigenvalue weighted by molar-refractivity contribution is 0.181. The molecule has 1 saturated heterocycles. The largest absolute Gasteiger partial charge is 0.378 e. The summed E-state index contributed by atoms with van der Waals surface area (Å²) in [7, 11) is 1.65. The molecule has 2 rings (SSSR count). The average molecular weight is 231 g/mol. The molecule has 0 atom stereocenters. The van der Waals surface area contributed by atoms with Crippen molar-refractivity contribution < 1.29 is 4.74 Å². The molecule has 0 spiro atoms. The van der Waals surface area contributed by atoms with Gasteiger partial charge in [0.15, 0.2) is 0 Å². The van der Waals surface area contributed by atoms with Gasteiger partial charge in [0.05, 0.1) is 23.6 Å². The van der Waals surface area contributed by atoms with Crippen LogP contribution in [0.1, 0.15) is 30.5 Å². The van der Waals surface area contributed by atoms with E-state index in [2.05, 4.69) is 16.0 Å². The molecule has 0 amide bonds. The summed E-state index contributed by atoms with van der Waals surface area (Å²) in [5.41, 5.74) is 2.55. The Morgan fingerprint density at radius 3 is 2.82 bits per heavy atom. The van der Waals surface area contributed by atoms with Gasteiger partial charge in [0.25, 0.3) is 0 Å². The summed E-state index contributed by atoms with van der Waals surface area (Å²) in [6, 6.07) is 4.20. The van der Waals surface area contributed by atoms with E-state index in [1.165, 1.54) is 19.3 Å². The Labute approximate surface area is 102 Å². The summed E-state index contributed by atoms with van der Waals surface area (Å²) in [6.07, 6.45) is 5.34. The number of nitriles is 1. The van der Waals surface area contributed by atoms with Crippen molar-refractivity contribution >= 4 is 5.69 Å². The molecule has 0 unspecified atom stereocenters. The number of methoxy groups -OCH3 is 1. The fourth-order valence-corrected chi connectivity index (χ4v) is 2.20. The third kappa shape index (κ3) is 2.75. The van der Waals surface area contributed by atoms with Crippen molar-refractivity contribution in [3.05, 3.63) is 23.5 Å². The molecule has 4 heteroatoms. The molecule has 2 heterocycles. The second-order valence-corrected chi connectivity index (χ2v) is 4.29. The molecule has 90 valence electrons. The van der Waals surface area contributed by atoms with Crippen LogP contribution in [0, 0.1) is 11.3 Å². The summed E-state index contributed by atoms with van der Waals surface area (Å²) >= 11 is 0. The Morgan fingerprint density at radius 2 is 2.18 bits per heavy atom. The Bertz CT molecular complexity index is 419. The van der Waals surface area contributed by atoms with Crippen molar-refractivity contribution in [2.24, 2.45) is 0 Å². The van der Waals surface area contributed by atoms with E-state index in [9.17, 15) is 0 Å². The van der Waals surface area contributed by atoms with Gasteiger partial charge < -0.3 is 9.64 Å². The quantitative estimate of drug-likeness (QED) is 0.799. The third-order valence-corrected chi connectivity index (χ3v) is 3.05. The lowest BCUT2D eigenvalue weighted by atomic mass is 10.1. The van der Waals surface area contributed by atoms with Crippen molar-refractivity contribution in [1.29, 1.82) is 5.26 Å². The number of piperidine rings is 1. The smallest absolute Gasteiger partial charge is 0.103 e. The fraction of sp³-hybridized carbons (Fsp3) is 0.538. The van der Waals surface area contributed by atoms with Gasteiger partial charge in [-0.15, -0.1) is 0 Å². The van der Waals surface area contributed by atoms with Crippen molar-refractivity contribution in [3.63, 3.8) is 0 Å². The monoisotopic (exact) mass is 231 g/mol. The predicted molar refractivity (Wildman–Crippen MR) is 65.7 cm³/mol. The number of aromatic nitrogens is 1. The summed E-state index contributed by atoms with van der Waals surface area (Å²) in [6.45, 7) is 2.56. The normalized spacial score (nSPS) is 15.6. The Morgan fingerprint density at radius 1 is 1.41 bits per heavy atom. The highest BCUT2D eigenvalue weighted by Crippen LogP contribution is 2.24. The molecule has 1 aliphatic heterocycles. The van der Waals surface area contributed by atoms with E-state index in [0.29, 0.717) is 12.2 Å². The van der Waals surface area contributed by atoms with E-state index in [0.717, 1.165) is 24.5 Å². The van der Waals surface area contributed by atoms with Crippen LogP contribution >= 0.6 is 0 Å². The highest BCUT2D eigenvalue weighted by atomic mass is 16.5. The maximum absolute atomic E-state index is 9.12. The minimum atomic E-state index is 0.493. The number of anilines is 1. The molecule has 0 aliphatic carbocycles. The number of hydrogen-bond acceptors (Lipinski definition) is 4. The minimum Gasteiger partial charge on any atom is -0.378 e. The second-order valence-electron chi connectivity index (χ2n) is 4.29.